The number of fused-ring (bicyclic) bond motifs is 1. The standard InChI is InChI=1S/C29H26AsClFN3O4S/c1-40(36,37)12-11-33-16-23-7-10-27(39-23)20-5-8-26-24(14-20)29(35-18-34-26)30-21-6-9-28(25(31)15-21)38-17-19-3-2-4-22(32)13-19/h2-10,13-15,18,30,33H,11-12,16-17H2,1H3. The average molecular weight is 642 g/mol. The molecule has 1 atom stereocenters. The Labute approximate surface area is 243 Å². The molecule has 5 rings (SSSR count). The molecule has 0 aliphatic carbocycles. The van der Waals surface area contributed by atoms with Crippen LogP contribution in [0.1, 0.15) is 11.3 Å². The summed E-state index contributed by atoms with van der Waals surface area (Å²) in [7, 11) is -3.01. The van der Waals surface area contributed by atoms with Gasteiger partial charge in [0.05, 0.1) is 0 Å². The molecule has 2 heterocycles. The number of ether oxygens (including phenoxy) is 1. The second-order valence-corrected chi connectivity index (χ2v) is 14.6. The van der Waals surface area contributed by atoms with Crippen LogP contribution >= 0.6 is 11.6 Å². The van der Waals surface area contributed by atoms with Crippen molar-refractivity contribution in [2.24, 2.45) is 0 Å². The first-order valence-corrected chi connectivity index (χ1v) is 16.9. The molecule has 5 aromatic rings. The zero-order valence-corrected chi connectivity index (χ0v) is 25.2. The topological polar surface area (TPSA) is 94.3 Å². The Kier molecular flexibility index (Phi) is 8.86. The van der Waals surface area contributed by atoms with Gasteiger partial charge in [0.25, 0.3) is 0 Å². The number of halogens is 2. The van der Waals surface area contributed by atoms with Crippen molar-refractivity contribution >= 4 is 56.9 Å². The first-order chi connectivity index (χ1) is 19.2. The van der Waals surface area contributed by atoms with E-state index in [2.05, 4.69) is 15.3 Å². The van der Waals surface area contributed by atoms with Crippen molar-refractivity contribution in [1.82, 2.24) is 15.3 Å². The van der Waals surface area contributed by atoms with Crippen molar-refractivity contribution in [3.05, 3.63) is 101 Å². The number of nitrogens with one attached hydrogen (secondary N) is 1. The summed E-state index contributed by atoms with van der Waals surface area (Å²) in [6, 6.07) is 21.7. The summed E-state index contributed by atoms with van der Waals surface area (Å²) in [5, 5.41) is 4.53. The van der Waals surface area contributed by atoms with Crippen molar-refractivity contribution in [2.75, 3.05) is 18.6 Å². The van der Waals surface area contributed by atoms with Gasteiger partial charge in [-0.15, -0.1) is 0 Å². The molecular weight excluding hydrogens is 616 g/mol. The number of sulfone groups is 1. The molecular formula is C29H26AsClFN3O4S. The summed E-state index contributed by atoms with van der Waals surface area (Å²) in [4.78, 5) is 9.02. The van der Waals surface area contributed by atoms with Crippen molar-refractivity contribution in [2.45, 2.75) is 13.2 Å². The van der Waals surface area contributed by atoms with E-state index in [1.165, 1.54) is 18.4 Å². The number of rotatable bonds is 11. The third-order valence-electron chi connectivity index (χ3n) is 6.01. The van der Waals surface area contributed by atoms with Gasteiger partial charge in [0, 0.05) is 6.26 Å². The Morgan fingerprint density at radius 2 is 1.93 bits per heavy atom. The van der Waals surface area contributed by atoms with Crippen LogP contribution in [0.5, 0.6) is 5.75 Å². The molecule has 0 aliphatic heterocycles. The third kappa shape index (κ3) is 7.49. The van der Waals surface area contributed by atoms with Gasteiger partial charge in [-0.1, -0.05) is 0 Å². The van der Waals surface area contributed by atoms with Crippen LogP contribution in [-0.2, 0) is 23.0 Å². The zero-order chi connectivity index (χ0) is 28.1. The van der Waals surface area contributed by atoms with Gasteiger partial charge < -0.3 is 0 Å². The Bertz CT molecular complexity index is 1760. The van der Waals surface area contributed by atoms with Crippen molar-refractivity contribution in [1.29, 1.82) is 0 Å². The number of nitrogens with zero attached hydrogens (tertiary/aromatic N) is 2. The minimum atomic E-state index is -3.01. The van der Waals surface area contributed by atoms with E-state index in [0.717, 1.165) is 36.6 Å². The number of hydrogen-bond donors (Lipinski definition) is 1. The minimum absolute atomic E-state index is 0.0768. The first-order valence-electron chi connectivity index (χ1n) is 12.4. The van der Waals surface area contributed by atoms with E-state index in [1.807, 2.05) is 48.5 Å². The van der Waals surface area contributed by atoms with Crippen molar-refractivity contribution < 1.29 is 22.0 Å². The molecule has 0 saturated carbocycles. The number of hydrogen-bond acceptors (Lipinski definition) is 7. The van der Waals surface area contributed by atoms with Gasteiger partial charge in [-0.05, 0) is 0 Å². The van der Waals surface area contributed by atoms with Crippen LogP contribution in [0.4, 0.5) is 4.39 Å². The van der Waals surface area contributed by atoms with E-state index in [1.54, 1.807) is 18.5 Å². The normalized spacial score (nSPS) is 12.0. The van der Waals surface area contributed by atoms with Gasteiger partial charge in [-0.25, -0.2) is 8.42 Å². The molecule has 0 aliphatic rings. The maximum atomic E-state index is 13.4. The number of benzene rings is 3. The van der Waals surface area contributed by atoms with E-state index >= 15 is 0 Å². The molecule has 40 heavy (non-hydrogen) atoms. The van der Waals surface area contributed by atoms with Crippen LogP contribution in [0.25, 0.3) is 22.2 Å². The fourth-order valence-electron chi connectivity index (χ4n) is 4.03. The van der Waals surface area contributed by atoms with Crippen LogP contribution in [0.15, 0.2) is 83.5 Å². The van der Waals surface area contributed by atoms with Gasteiger partial charge in [-0.2, -0.15) is 0 Å². The average Bonchev–Trinajstić information content (AvgIpc) is 3.39. The molecule has 7 nitrogen and oxygen atoms in total. The molecule has 0 bridgehead atoms. The molecule has 0 saturated heterocycles. The molecule has 2 aromatic heterocycles. The van der Waals surface area contributed by atoms with E-state index in [9.17, 15) is 12.8 Å². The summed E-state index contributed by atoms with van der Waals surface area (Å²) >= 11 is 5.67. The predicted octanol–water partition coefficient (Wildman–Crippen LogP) is 3.78. The summed E-state index contributed by atoms with van der Waals surface area (Å²) in [5.41, 5.74) is 2.47. The second kappa shape index (κ2) is 12.5. The summed E-state index contributed by atoms with van der Waals surface area (Å²) in [6.07, 6.45) is 2.79. The molecule has 0 spiro atoms. The Hall–Kier alpha value is -3.23. The molecule has 11 heteroatoms. The zero-order valence-electron chi connectivity index (χ0n) is 21.5. The predicted molar refractivity (Wildman–Crippen MR) is 157 cm³/mol. The first kappa shape index (κ1) is 28.3. The van der Waals surface area contributed by atoms with E-state index < -0.39 is 25.6 Å². The van der Waals surface area contributed by atoms with Gasteiger partial charge in [-0.3, -0.25) is 0 Å². The number of aromatic nitrogens is 2. The SMILES string of the molecule is CS(=O)(=O)CCNCc1ccc(-c2ccc3ncnc([AsH]c4ccc(OCc5cccc(F)c5)c(Cl)c4)c3c2)o1. The Morgan fingerprint density at radius 3 is 2.73 bits per heavy atom. The van der Waals surface area contributed by atoms with Crippen LogP contribution < -0.4 is 18.9 Å². The van der Waals surface area contributed by atoms with Crippen LogP contribution in [0, 0.1) is 5.82 Å². The second-order valence-electron chi connectivity index (χ2n) is 9.22. The van der Waals surface area contributed by atoms with Gasteiger partial charge in [0.1, 0.15) is 0 Å². The van der Waals surface area contributed by atoms with Crippen LogP contribution in [-0.4, -0.2) is 52.7 Å². The van der Waals surface area contributed by atoms with Crippen LogP contribution in [0.3, 0.4) is 0 Å². The van der Waals surface area contributed by atoms with Crippen molar-refractivity contribution in [3.63, 3.8) is 0 Å². The molecule has 206 valence electrons. The summed E-state index contributed by atoms with van der Waals surface area (Å²) < 4.78 is 49.9. The summed E-state index contributed by atoms with van der Waals surface area (Å²) in [5.74, 6) is 1.73. The molecule has 1 unspecified atom stereocenters. The van der Waals surface area contributed by atoms with Gasteiger partial charge in [0.2, 0.25) is 0 Å². The Morgan fingerprint density at radius 1 is 1.05 bits per heavy atom. The number of furan rings is 1. The van der Waals surface area contributed by atoms with E-state index in [-0.39, 0.29) is 18.2 Å². The fraction of sp³-hybridized carbons (Fsp3) is 0.172. The van der Waals surface area contributed by atoms with Crippen molar-refractivity contribution in [3.8, 4) is 17.1 Å². The van der Waals surface area contributed by atoms with Crippen LogP contribution in [0.2, 0.25) is 5.02 Å². The Balaban J connectivity index is 1.29. The third-order valence-corrected chi connectivity index (χ3v) is 9.84. The summed E-state index contributed by atoms with van der Waals surface area (Å²) in [6.45, 7) is 1.02. The molecule has 1 N–H and O–H groups in total. The van der Waals surface area contributed by atoms with Gasteiger partial charge in [0.15, 0.2) is 0 Å². The quantitative estimate of drug-likeness (QED) is 0.173. The maximum absolute atomic E-state index is 13.4. The fourth-order valence-corrected chi connectivity index (χ4v) is 7.31. The molecule has 0 radical (unpaired) electrons. The molecule has 0 amide bonds. The molecule has 3 aromatic carbocycles. The molecule has 0 fully saturated rings. The van der Waals surface area contributed by atoms with Gasteiger partial charge >= 0.3 is 230 Å². The monoisotopic (exact) mass is 641 g/mol. The van der Waals surface area contributed by atoms with E-state index in [4.69, 9.17) is 20.8 Å². The van der Waals surface area contributed by atoms with E-state index in [0.29, 0.717) is 29.6 Å².